The van der Waals surface area contributed by atoms with E-state index in [0.717, 1.165) is 5.76 Å². The molecule has 0 aromatic carbocycles. The van der Waals surface area contributed by atoms with Gasteiger partial charge in [-0.2, -0.15) is 0 Å². The fourth-order valence-corrected chi connectivity index (χ4v) is 1.52. The topological polar surface area (TPSA) is 13.1 Å². The lowest BCUT2D eigenvalue weighted by Gasteiger charge is -1.99. The van der Waals surface area contributed by atoms with Crippen LogP contribution in [0.4, 0.5) is 0 Å². The van der Waals surface area contributed by atoms with Gasteiger partial charge in [0, 0.05) is 5.92 Å². The van der Waals surface area contributed by atoms with Gasteiger partial charge in [0.1, 0.15) is 5.76 Å². The second kappa shape index (κ2) is 2.00. The SMILES string of the molecule is C=CC1(C)CC1c1ccco1. The first-order valence-electron chi connectivity index (χ1n) is 3.93. The van der Waals surface area contributed by atoms with E-state index in [2.05, 4.69) is 13.5 Å². The van der Waals surface area contributed by atoms with E-state index < -0.39 is 0 Å². The molecule has 0 saturated heterocycles. The third-order valence-electron chi connectivity index (χ3n) is 2.63. The largest absolute Gasteiger partial charge is 0.469 e. The fourth-order valence-electron chi connectivity index (χ4n) is 1.52. The first kappa shape index (κ1) is 6.71. The zero-order valence-corrected chi connectivity index (χ0v) is 6.71. The molecule has 0 amide bonds. The van der Waals surface area contributed by atoms with E-state index in [-0.39, 0.29) is 0 Å². The van der Waals surface area contributed by atoms with Crippen molar-refractivity contribution in [2.24, 2.45) is 5.41 Å². The van der Waals surface area contributed by atoms with Crippen LogP contribution in [0.2, 0.25) is 0 Å². The summed E-state index contributed by atoms with van der Waals surface area (Å²) in [7, 11) is 0. The smallest absolute Gasteiger partial charge is 0.107 e. The molecule has 0 spiro atoms. The van der Waals surface area contributed by atoms with Crippen LogP contribution >= 0.6 is 0 Å². The Balaban J connectivity index is 2.19. The van der Waals surface area contributed by atoms with Crippen molar-refractivity contribution in [1.82, 2.24) is 0 Å². The summed E-state index contributed by atoms with van der Waals surface area (Å²) in [6, 6.07) is 3.98. The number of hydrogen-bond acceptors (Lipinski definition) is 1. The summed E-state index contributed by atoms with van der Waals surface area (Å²) in [5.74, 6) is 1.68. The summed E-state index contributed by atoms with van der Waals surface area (Å²) >= 11 is 0. The lowest BCUT2D eigenvalue weighted by molar-refractivity contribution is 0.494. The third-order valence-corrected chi connectivity index (χ3v) is 2.63. The maximum Gasteiger partial charge on any atom is 0.107 e. The molecule has 11 heavy (non-hydrogen) atoms. The molecule has 2 atom stereocenters. The maximum atomic E-state index is 5.31. The average Bonchev–Trinajstić information content (AvgIpc) is 2.53. The molecular formula is C10H12O. The standard InChI is InChI=1S/C10H12O/c1-3-10(2)7-8(10)9-5-4-6-11-9/h3-6,8H,1,7H2,2H3. The van der Waals surface area contributed by atoms with Crippen molar-refractivity contribution >= 4 is 0 Å². The number of rotatable bonds is 2. The second-order valence-corrected chi connectivity index (χ2v) is 3.48. The van der Waals surface area contributed by atoms with Crippen molar-refractivity contribution in [1.29, 1.82) is 0 Å². The first-order chi connectivity index (χ1) is 5.26. The van der Waals surface area contributed by atoms with E-state index in [1.54, 1.807) is 6.26 Å². The van der Waals surface area contributed by atoms with Crippen LogP contribution in [0.1, 0.15) is 25.0 Å². The molecule has 0 radical (unpaired) electrons. The number of furan rings is 1. The highest BCUT2D eigenvalue weighted by Crippen LogP contribution is 2.59. The summed E-state index contributed by atoms with van der Waals surface area (Å²) < 4.78 is 5.31. The molecule has 58 valence electrons. The van der Waals surface area contributed by atoms with Crippen molar-refractivity contribution in [2.45, 2.75) is 19.3 Å². The predicted molar refractivity (Wildman–Crippen MR) is 44.4 cm³/mol. The van der Waals surface area contributed by atoms with Gasteiger partial charge in [-0.1, -0.05) is 13.0 Å². The Kier molecular flexibility index (Phi) is 1.22. The van der Waals surface area contributed by atoms with E-state index in [1.807, 2.05) is 18.2 Å². The van der Waals surface area contributed by atoms with Gasteiger partial charge < -0.3 is 4.42 Å². The van der Waals surface area contributed by atoms with Gasteiger partial charge in [-0.25, -0.2) is 0 Å². The molecule has 1 aliphatic carbocycles. The zero-order valence-electron chi connectivity index (χ0n) is 6.71. The molecule has 1 saturated carbocycles. The molecule has 2 unspecified atom stereocenters. The molecule has 1 heterocycles. The number of allylic oxidation sites excluding steroid dienone is 1. The van der Waals surface area contributed by atoms with E-state index in [9.17, 15) is 0 Å². The van der Waals surface area contributed by atoms with Crippen LogP contribution in [0.5, 0.6) is 0 Å². The highest BCUT2D eigenvalue weighted by Gasteiger charge is 2.49. The van der Waals surface area contributed by atoms with Crippen molar-refractivity contribution in [3.63, 3.8) is 0 Å². The molecule has 1 heteroatoms. The van der Waals surface area contributed by atoms with Gasteiger partial charge in [0.25, 0.3) is 0 Å². The molecule has 1 aliphatic rings. The van der Waals surface area contributed by atoms with Crippen molar-refractivity contribution < 1.29 is 4.42 Å². The molecule has 1 aromatic rings. The molecule has 1 nitrogen and oxygen atoms in total. The van der Waals surface area contributed by atoms with Gasteiger partial charge >= 0.3 is 0 Å². The maximum absolute atomic E-state index is 5.31. The molecule has 0 N–H and O–H groups in total. The number of hydrogen-bond donors (Lipinski definition) is 0. The molecule has 1 fully saturated rings. The molecular weight excluding hydrogens is 136 g/mol. The first-order valence-corrected chi connectivity index (χ1v) is 3.93. The lowest BCUT2D eigenvalue weighted by atomic mass is 10.1. The minimum atomic E-state index is 0.303. The lowest BCUT2D eigenvalue weighted by Crippen LogP contribution is -1.89. The van der Waals surface area contributed by atoms with Gasteiger partial charge in [-0.05, 0) is 24.0 Å². The Labute approximate surface area is 66.7 Å². The highest BCUT2D eigenvalue weighted by molar-refractivity contribution is 5.25. The molecule has 1 aromatic heterocycles. The van der Waals surface area contributed by atoms with Crippen molar-refractivity contribution in [3.05, 3.63) is 36.8 Å². The Hall–Kier alpha value is -0.980. The van der Waals surface area contributed by atoms with Crippen molar-refractivity contribution in [3.8, 4) is 0 Å². The average molecular weight is 148 g/mol. The Morgan fingerprint density at radius 1 is 1.82 bits per heavy atom. The summed E-state index contributed by atoms with van der Waals surface area (Å²) in [5, 5.41) is 0. The van der Waals surface area contributed by atoms with Gasteiger partial charge in [0.2, 0.25) is 0 Å². The van der Waals surface area contributed by atoms with Crippen LogP contribution < -0.4 is 0 Å². The Morgan fingerprint density at radius 2 is 2.64 bits per heavy atom. The van der Waals surface area contributed by atoms with Crippen molar-refractivity contribution in [2.75, 3.05) is 0 Å². The summed E-state index contributed by atoms with van der Waals surface area (Å²) in [5.41, 5.74) is 0.303. The van der Waals surface area contributed by atoms with E-state index in [4.69, 9.17) is 4.42 Å². The zero-order chi connectivity index (χ0) is 7.90. The van der Waals surface area contributed by atoms with E-state index in [1.165, 1.54) is 6.42 Å². The van der Waals surface area contributed by atoms with Gasteiger partial charge in [-0.3, -0.25) is 0 Å². The van der Waals surface area contributed by atoms with Crippen LogP contribution in [-0.4, -0.2) is 0 Å². The monoisotopic (exact) mass is 148 g/mol. The Morgan fingerprint density at radius 3 is 3.09 bits per heavy atom. The predicted octanol–water partition coefficient (Wildman–Crippen LogP) is 2.96. The highest BCUT2D eigenvalue weighted by atomic mass is 16.3. The van der Waals surface area contributed by atoms with Gasteiger partial charge in [0.15, 0.2) is 0 Å². The molecule has 0 bridgehead atoms. The summed E-state index contributed by atoms with van der Waals surface area (Å²) in [6.45, 7) is 6.03. The van der Waals surface area contributed by atoms with E-state index in [0.29, 0.717) is 11.3 Å². The summed E-state index contributed by atoms with van der Waals surface area (Å²) in [4.78, 5) is 0. The van der Waals surface area contributed by atoms with Crippen LogP contribution in [0, 0.1) is 5.41 Å². The van der Waals surface area contributed by atoms with Gasteiger partial charge in [-0.15, -0.1) is 6.58 Å². The minimum absolute atomic E-state index is 0.303. The van der Waals surface area contributed by atoms with Crippen LogP contribution in [0.15, 0.2) is 35.5 Å². The van der Waals surface area contributed by atoms with Crippen LogP contribution in [0.25, 0.3) is 0 Å². The normalized spacial score (nSPS) is 35.2. The van der Waals surface area contributed by atoms with Gasteiger partial charge in [0.05, 0.1) is 6.26 Å². The second-order valence-electron chi connectivity index (χ2n) is 3.48. The minimum Gasteiger partial charge on any atom is -0.469 e. The molecule has 2 rings (SSSR count). The third kappa shape index (κ3) is 0.917. The Bertz CT molecular complexity index is 260. The quantitative estimate of drug-likeness (QED) is 0.588. The van der Waals surface area contributed by atoms with E-state index >= 15 is 0 Å². The summed E-state index contributed by atoms with van der Waals surface area (Å²) in [6.07, 6.45) is 4.95. The van der Waals surface area contributed by atoms with Crippen LogP contribution in [0.3, 0.4) is 0 Å². The fraction of sp³-hybridized carbons (Fsp3) is 0.400. The molecule has 0 aliphatic heterocycles. The van der Waals surface area contributed by atoms with Crippen LogP contribution in [-0.2, 0) is 0 Å².